The minimum Gasteiger partial charge on any atom is -0.480 e. The van der Waals surface area contributed by atoms with E-state index in [1.165, 1.54) is 16.0 Å². The Morgan fingerprint density at radius 1 is 1.06 bits per heavy atom. The fourth-order valence-electron chi connectivity index (χ4n) is 5.13. The summed E-state index contributed by atoms with van der Waals surface area (Å²) in [6.07, 6.45) is 2.36. The van der Waals surface area contributed by atoms with E-state index in [-0.39, 0.29) is 42.9 Å². The van der Waals surface area contributed by atoms with E-state index >= 15 is 0 Å². The Hall–Kier alpha value is -3.35. The zero-order chi connectivity index (χ0) is 24.3. The standard InChI is InChI=1S/C27H32N2O5/c1-18(2)29(15-25(31)32)24(30)14-27(12-7-13-27)17-28-26(33)34-16-23-21-10-5-3-8-19(21)20-9-4-6-11-22(20)23/h3-6,8-11,18,23H,7,12-17H2,1-2H3,(H,28,33)(H,31,32). The molecule has 180 valence electrons. The topological polar surface area (TPSA) is 95.9 Å². The first-order valence-electron chi connectivity index (χ1n) is 11.9. The third-order valence-corrected chi connectivity index (χ3v) is 7.14. The van der Waals surface area contributed by atoms with Crippen LogP contribution in [0.25, 0.3) is 11.1 Å². The molecule has 2 amide bonds. The number of carbonyl (C=O) groups excluding carboxylic acids is 2. The van der Waals surface area contributed by atoms with Crippen LogP contribution in [0.4, 0.5) is 4.79 Å². The summed E-state index contributed by atoms with van der Waals surface area (Å²) in [5.41, 5.74) is 4.33. The van der Waals surface area contributed by atoms with Crippen LogP contribution in [0.15, 0.2) is 48.5 Å². The van der Waals surface area contributed by atoms with Gasteiger partial charge in [0.25, 0.3) is 0 Å². The predicted molar refractivity (Wildman–Crippen MR) is 128 cm³/mol. The summed E-state index contributed by atoms with van der Waals surface area (Å²) in [6, 6.07) is 16.2. The smallest absolute Gasteiger partial charge is 0.407 e. The summed E-state index contributed by atoms with van der Waals surface area (Å²) in [7, 11) is 0. The maximum absolute atomic E-state index is 12.8. The second-order valence-electron chi connectivity index (χ2n) is 9.72. The molecular formula is C27H32N2O5. The molecule has 0 unspecified atom stereocenters. The molecule has 1 fully saturated rings. The summed E-state index contributed by atoms with van der Waals surface area (Å²) in [5.74, 6) is -1.22. The van der Waals surface area contributed by atoms with Crippen LogP contribution in [0, 0.1) is 5.41 Å². The highest BCUT2D eigenvalue weighted by Gasteiger charge is 2.41. The number of ether oxygens (including phenoxy) is 1. The summed E-state index contributed by atoms with van der Waals surface area (Å²) >= 11 is 0. The molecule has 7 heteroatoms. The van der Waals surface area contributed by atoms with E-state index in [9.17, 15) is 14.4 Å². The molecule has 34 heavy (non-hydrogen) atoms. The zero-order valence-corrected chi connectivity index (χ0v) is 19.8. The normalized spacial score (nSPS) is 15.7. The molecule has 0 heterocycles. The largest absolute Gasteiger partial charge is 0.480 e. The molecule has 7 nitrogen and oxygen atoms in total. The van der Waals surface area contributed by atoms with Gasteiger partial charge in [-0.15, -0.1) is 0 Å². The molecule has 0 spiro atoms. The number of rotatable bonds is 9. The van der Waals surface area contributed by atoms with Gasteiger partial charge in [-0.3, -0.25) is 9.59 Å². The van der Waals surface area contributed by atoms with Crippen molar-refractivity contribution in [3.63, 3.8) is 0 Å². The third-order valence-electron chi connectivity index (χ3n) is 7.14. The van der Waals surface area contributed by atoms with Crippen molar-refractivity contribution < 1.29 is 24.2 Å². The van der Waals surface area contributed by atoms with Gasteiger partial charge in [-0.1, -0.05) is 55.0 Å². The molecule has 0 bridgehead atoms. The third kappa shape index (κ3) is 4.93. The van der Waals surface area contributed by atoms with Gasteiger partial charge < -0.3 is 20.1 Å². The van der Waals surface area contributed by atoms with Gasteiger partial charge in [0, 0.05) is 24.9 Å². The summed E-state index contributed by atoms with van der Waals surface area (Å²) in [5, 5.41) is 12.0. The molecule has 1 saturated carbocycles. The van der Waals surface area contributed by atoms with Crippen LogP contribution >= 0.6 is 0 Å². The number of nitrogens with one attached hydrogen (secondary N) is 1. The lowest BCUT2D eigenvalue weighted by atomic mass is 9.66. The lowest BCUT2D eigenvalue weighted by Crippen LogP contribution is -2.48. The van der Waals surface area contributed by atoms with Crippen molar-refractivity contribution in [2.24, 2.45) is 5.41 Å². The Kier molecular flexibility index (Phi) is 6.91. The van der Waals surface area contributed by atoms with Gasteiger partial charge in [-0.25, -0.2) is 4.79 Å². The fourth-order valence-corrected chi connectivity index (χ4v) is 5.13. The Balaban J connectivity index is 1.34. The number of benzene rings is 2. The van der Waals surface area contributed by atoms with Gasteiger partial charge in [-0.05, 0) is 54.4 Å². The zero-order valence-electron chi connectivity index (χ0n) is 19.8. The number of carboxylic acid groups (broad SMARTS) is 1. The van der Waals surface area contributed by atoms with Crippen molar-refractivity contribution in [2.75, 3.05) is 19.7 Å². The molecule has 2 N–H and O–H groups in total. The van der Waals surface area contributed by atoms with Crippen LogP contribution in [-0.2, 0) is 14.3 Å². The Morgan fingerprint density at radius 3 is 2.15 bits per heavy atom. The first-order chi connectivity index (χ1) is 16.3. The number of hydrogen-bond donors (Lipinski definition) is 2. The average Bonchev–Trinajstić information content (AvgIpc) is 3.11. The minimum atomic E-state index is -1.03. The maximum atomic E-state index is 12.8. The first-order valence-corrected chi connectivity index (χ1v) is 11.9. The molecule has 0 saturated heterocycles. The number of amides is 2. The predicted octanol–water partition coefficient (Wildman–Crippen LogP) is 4.41. The molecule has 2 aromatic rings. The fraction of sp³-hybridized carbons (Fsp3) is 0.444. The number of carbonyl (C=O) groups is 3. The Bertz CT molecular complexity index is 1030. The highest BCUT2D eigenvalue weighted by atomic mass is 16.5. The average molecular weight is 465 g/mol. The minimum absolute atomic E-state index is 0.00647. The van der Waals surface area contributed by atoms with Gasteiger partial charge in [0.15, 0.2) is 0 Å². The van der Waals surface area contributed by atoms with E-state index in [4.69, 9.17) is 9.84 Å². The van der Waals surface area contributed by atoms with E-state index < -0.39 is 12.1 Å². The van der Waals surface area contributed by atoms with Crippen LogP contribution in [-0.4, -0.2) is 53.7 Å². The molecule has 2 aliphatic carbocycles. The van der Waals surface area contributed by atoms with Gasteiger partial charge >= 0.3 is 12.1 Å². The molecule has 0 aliphatic heterocycles. The Morgan fingerprint density at radius 2 is 1.65 bits per heavy atom. The molecule has 4 rings (SSSR count). The van der Waals surface area contributed by atoms with Crippen LogP contribution in [0.1, 0.15) is 56.6 Å². The van der Waals surface area contributed by atoms with Crippen molar-refractivity contribution >= 4 is 18.0 Å². The van der Waals surface area contributed by atoms with E-state index in [2.05, 4.69) is 29.6 Å². The highest BCUT2D eigenvalue weighted by molar-refractivity contribution is 5.82. The summed E-state index contributed by atoms with van der Waals surface area (Å²) in [6.45, 7) is 3.89. The first kappa shape index (κ1) is 23.8. The van der Waals surface area contributed by atoms with Gasteiger partial charge in [-0.2, -0.15) is 0 Å². The lowest BCUT2D eigenvalue weighted by Gasteiger charge is -2.42. The van der Waals surface area contributed by atoms with Crippen molar-refractivity contribution in [3.8, 4) is 11.1 Å². The Labute approximate surface area is 200 Å². The quantitative estimate of drug-likeness (QED) is 0.573. The van der Waals surface area contributed by atoms with E-state index in [0.717, 1.165) is 30.4 Å². The van der Waals surface area contributed by atoms with E-state index in [1.807, 2.05) is 38.1 Å². The highest BCUT2D eigenvalue weighted by Crippen LogP contribution is 2.45. The molecular weight excluding hydrogens is 432 g/mol. The number of carboxylic acids is 1. The van der Waals surface area contributed by atoms with Crippen LogP contribution in [0.5, 0.6) is 0 Å². The second kappa shape index (κ2) is 9.87. The molecule has 2 aliphatic rings. The number of nitrogens with zero attached hydrogens (tertiary/aromatic N) is 1. The monoisotopic (exact) mass is 464 g/mol. The van der Waals surface area contributed by atoms with Gasteiger partial charge in [0.05, 0.1) is 0 Å². The van der Waals surface area contributed by atoms with Crippen LogP contribution < -0.4 is 5.32 Å². The van der Waals surface area contributed by atoms with Crippen molar-refractivity contribution in [2.45, 2.75) is 51.5 Å². The summed E-state index contributed by atoms with van der Waals surface area (Å²) in [4.78, 5) is 37.9. The maximum Gasteiger partial charge on any atom is 0.407 e. The molecule has 0 radical (unpaired) electrons. The molecule has 2 aromatic carbocycles. The second-order valence-corrected chi connectivity index (χ2v) is 9.72. The summed E-state index contributed by atoms with van der Waals surface area (Å²) < 4.78 is 5.62. The van der Waals surface area contributed by atoms with Crippen molar-refractivity contribution in [1.29, 1.82) is 0 Å². The van der Waals surface area contributed by atoms with Gasteiger partial charge in [0.1, 0.15) is 13.2 Å². The van der Waals surface area contributed by atoms with E-state index in [0.29, 0.717) is 6.54 Å². The van der Waals surface area contributed by atoms with Crippen LogP contribution in [0.2, 0.25) is 0 Å². The number of hydrogen-bond acceptors (Lipinski definition) is 4. The van der Waals surface area contributed by atoms with Gasteiger partial charge in [0.2, 0.25) is 5.91 Å². The molecule has 0 aromatic heterocycles. The SMILES string of the molecule is CC(C)N(CC(=O)O)C(=O)CC1(CNC(=O)OCC2c3ccccc3-c3ccccc32)CCC1. The lowest BCUT2D eigenvalue weighted by molar-refractivity contribution is -0.147. The van der Waals surface area contributed by atoms with Crippen LogP contribution in [0.3, 0.4) is 0 Å². The number of aliphatic carboxylic acids is 1. The number of alkyl carbamates (subject to hydrolysis) is 1. The molecule has 0 atom stereocenters. The van der Waals surface area contributed by atoms with Crippen molar-refractivity contribution in [1.82, 2.24) is 10.2 Å². The number of fused-ring (bicyclic) bond motifs is 3. The van der Waals surface area contributed by atoms with Crippen molar-refractivity contribution in [3.05, 3.63) is 59.7 Å². The van der Waals surface area contributed by atoms with E-state index in [1.54, 1.807) is 0 Å².